The van der Waals surface area contributed by atoms with E-state index in [1.54, 1.807) is 35.4 Å². The molecule has 0 saturated carbocycles. The van der Waals surface area contributed by atoms with Gasteiger partial charge in [0.2, 0.25) is 23.5 Å². The number of hydrogen-bond acceptors (Lipinski definition) is 6. The van der Waals surface area contributed by atoms with Gasteiger partial charge in [0.1, 0.15) is 11.7 Å². The van der Waals surface area contributed by atoms with E-state index in [4.69, 9.17) is 20.7 Å². The Labute approximate surface area is 205 Å². The van der Waals surface area contributed by atoms with E-state index in [0.717, 1.165) is 57.1 Å². The number of carbonyl (C=O) groups excluding carboxylic acids is 2. The second-order valence-electron chi connectivity index (χ2n) is 7.89. The van der Waals surface area contributed by atoms with E-state index in [1.165, 1.54) is 0 Å². The molecular formula is C25H29N7O3. The quantitative estimate of drug-likeness (QED) is 0.227. The highest BCUT2D eigenvalue weighted by Gasteiger charge is 2.23. The van der Waals surface area contributed by atoms with Gasteiger partial charge in [0, 0.05) is 37.5 Å². The number of fused-ring (bicyclic) bond motifs is 1. The van der Waals surface area contributed by atoms with Crippen LogP contribution < -0.4 is 11.1 Å². The van der Waals surface area contributed by atoms with Crippen molar-refractivity contribution >= 4 is 34.4 Å². The van der Waals surface area contributed by atoms with Gasteiger partial charge in [-0.3, -0.25) is 14.9 Å². The molecule has 0 bridgehead atoms. The average Bonchev–Trinajstić information content (AvgIpc) is 3.50. The minimum absolute atomic E-state index is 0.0100. The lowest BCUT2D eigenvalue weighted by Crippen LogP contribution is -2.41. The number of nitrogens with one attached hydrogen (secondary N) is 1. The molecule has 3 N–H and O–H groups in total. The van der Waals surface area contributed by atoms with Gasteiger partial charge in [-0.25, -0.2) is 4.99 Å². The summed E-state index contributed by atoms with van der Waals surface area (Å²) in [7, 11) is 0. The molecule has 1 aromatic carbocycles. The number of nitrogens with two attached hydrogens (primary N) is 1. The van der Waals surface area contributed by atoms with Gasteiger partial charge < -0.3 is 20.0 Å². The van der Waals surface area contributed by atoms with Crippen LogP contribution in [0.4, 0.5) is 5.69 Å². The van der Waals surface area contributed by atoms with Crippen LogP contribution in [0.2, 0.25) is 0 Å². The van der Waals surface area contributed by atoms with Crippen molar-refractivity contribution < 1.29 is 14.0 Å². The van der Waals surface area contributed by atoms with Gasteiger partial charge in [-0.15, -0.1) is 12.8 Å². The van der Waals surface area contributed by atoms with E-state index >= 15 is 0 Å². The Kier molecular flexibility index (Phi) is 10.6. The summed E-state index contributed by atoms with van der Waals surface area (Å²) in [5, 5.41) is 20.0. The highest BCUT2D eigenvalue weighted by molar-refractivity contribution is 5.86. The number of carbonyl (C=O) groups is 2. The number of nitriles is 2. The normalized spacial score (nSPS) is 15.5. The maximum atomic E-state index is 11.9. The SMILES string of the molecule is C#C.N#CNC(N)=Nc1ccc2oc(C#N)cc2c1.O=C(CN1CCCCCC1=O)N1CCCC1. The zero-order valence-corrected chi connectivity index (χ0v) is 19.6. The molecule has 2 fully saturated rings. The third-order valence-corrected chi connectivity index (χ3v) is 5.50. The Morgan fingerprint density at radius 1 is 1.11 bits per heavy atom. The predicted molar refractivity (Wildman–Crippen MR) is 132 cm³/mol. The van der Waals surface area contributed by atoms with Crippen LogP contribution >= 0.6 is 0 Å². The van der Waals surface area contributed by atoms with E-state index in [1.807, 2.05) is 11.0 Å². The van der Waals surface area contributed by atoms with E-state index in [2.05, 4.69) is 23.2 Å². The van der Waals surface area contributed by atoms with Gasteiger partial charge in [-0.2, -0.15) is 10.5 Å². The average molecular weight is 476 g/mol. The van der Waals surface area contributed by atoms with E-state index < -0.39 is 0 Å². The first-order chi connectivity index (χ1) is 17.0. The van der Waals surface area contributed by atoms with Crippen LogP contribution in [0.3, 0.4) is 0 Å². The van der Waals surface area contributed by atoms with Crippen LogP contribution in [0.1, 0.15) is 44.3 Å². The van der Waals surface area contributed by atoms with Crippen LogP contribution in [-0.2, 0) is 9.59 Å². The van der Waals surface area contributed by atoms with Crippen LogP contribution in [0.5, 0.6) is 0 Å². The summed E-state index contributed by atoms with van der Waals surface area (Å²) in [5.74, 6) is 0.540. The van der Waals surface area contributed by atoms with Crippen molar-refractivity contribution in [1.29, 1.82) is 10.5 Å². The zero-order valence-electron chi connectivity index (χ0n) is 19.6. The number of terminal acetylenes is 1. The lowest BCUT2D eigenvalue weighted by Gasteiger charge is -2.23. The smallest absolute Gasteiger partial charge is 0.242 e. The summed E-state index contributed by atoms with van der Waals surface area (Å²) in [4.78, 5) is 31.2. The second kappa shape index (κ2) is 13.9. The molecule has 10 heteroatoms. The van der Waals surface area contributed by atoms with Crippen LogP contribution in [-0.4, -0.2) is 53.8 Å². The van der Waals surface area contributed by atoms with Crippen molar-refractivity contribution in [1.82, 2.24) is 15.1 Å². The number of furan rings is 1. The van der Waals surface area contributed by atoms with Gasteiger partial charge in [0.05, 0.1) is 12.2 Å². The molecular weight excluding hydrogens is 446 g/mol. The molecule has 2 aliphatic rings. The van der Waals surface area contributed by atoms with Crippen molar-refractivity contribution in [2.45, 2.75) is 38.5 Å². The lowest BCUT2D eigenvalue weighted by atomic mass is 10.2. The Balaban J connectivity index is 0.000000231. The van der Waals surface area contributed by atoms with Crippen molar-refractivity contribution in [3.63, 3.8) is 0 Å². The Hall–Kier alpha value is -4.49. The summed E-state index contributed by atoms with van der Waals surface area (Å²) in [6.45, 7) is 2.82. The minimum Gasteiger partial charge on any atom is -0.446 e. The molecule has 2 aliphatic heterocycles. The maximum Gasteiger partial charge on any atom is 0.242 e. The van der Waals surface area contributed by atoms with Gasteiger partial charge in [-0.1, -0.05) is 6.42 Å². The zero-order chi connectivity index (χ0) is 25.6. The molecule has 35 heavy (non-hydrogen) atoms. The van der Waals surface area contributed by atoms with Gasteiger partial charge in [0.15, 0.2) is 6.19 Å². The van der Waals surface area contributed by atoms with Crippen molar-refractivity contribution in [2.75, 3.05) is 26.2 Å². The molecule has 1 aromatic heterocycles. The first kappa shape index (κ1) is 26.8. The number of guanidine groups is 1. The predicted octanol–water partition coefficient (Wildman–Crippen LogP) is 2.58. The summed E-state index contributed by atoms with van der Waals surface area (Å²) in [6.07, 6.45) is 15.6. The van der Waals surface area contributed by atoms with Crippen LogP contribution in [0.15, 0.2) is 33.7 Å². The minimum atomic E-state index is 0.0100. The first-order valence-electron chi connectivity index (χ1n) is 11.3. The van der Waals surface area contributed by atoms with Gasteiger partial charge >= 0.3 is 0 Å². The number of amides is 2. The number of hydrogen-bond donors (Lipinski definition) is 2. The first-order valence-corrected chi connectivity index (χ1v) is 11.3. The third-order valence-electron chi connectivity index (χ3n) is 5.50. The molecule has 10 nitrogen and oxygen atoms in total. The number of benzene rings is 1. The highest BCUT2D eigenvalue weighted by Crippen LogP contribution is 2.24. The van der Waals surface area contributed by atoms with E-state index in [9.17, 15) is 9.59 Å². The molecule has 3 heterocycles. The number of rotatable bonds is 3. The Morgan fingerprint density at radius 3 is 2.51 bits per heavy atom. The fourth-order valence-electron chi connectivity index (χ4n) is 3.82. The van der Waals surface area contributed by atoms with Gasteiger partial charge in [-0.05, 0) is 43.9 Å². The van der Waals surface area contributed by atoms with Crippen molar-refractivity contribution in [3.05, 3.63) is 30.0 Å². The summed E-state index contributed by atoms with van der Waals surface area (Å²) >= 11 is 0. The molecule has 182 valence electrons. The lowest BCUT2D eigenvalue weighted by molar-refractivity contribution is -0.139. The standard InChI is InChI=1S/C12H20N2O2.C11H7N5O.C2H2/c15-11-6-2-1-3-9-14(11)10-12(16)13-7-4-5-8-13;12-5-9-4-7-3-8(1-2-10(7)17-9)16-11(14)15-6-13;1-2/h1-10H2;1-4H,(H3,14,15,16);1-2H. The molecule has 0 spiro atoms. The number of aliphatic imine (C=N–C) groups is 1. The van der Waals surface area contributed by atoms with Crippen molar-refractivity contribution in [2.24, 2.45) is 10.7 Å². The summed E-state index contributed by atoms with van der Waals surface area (Å²) in [5.41, 5.74) is 6.61. The molecule has 0 aliphatic carbocycles. The second-order valence-corrected chi connectivity index (χ2v) is 7.89. The maximum absolute atomic E-state index is 11.9. The largest absolute Gasteiger partial charge is 0.446 e. The van der Waals surface area contributed by atoms with Crippen LogP contribution in [0, 0.1) is 35.6 Å². The van der Waals surface area contributed by atoms with E-state index in [0.29, 0.717) is 24.2 Å². The number of likely N-dealkylation sites (tertiary alicyclic amines) is 2. The molecule has 2 aromatic rings. The fourth-order valence-corrected chi connectivity index (χ4v) is 3.82. The topological polar surface area (TPSA) is 152 Å². The summed E-state index contributed by atoms with van der Waals surface area (Å²) in [6, 6.07) is 8.61. The molecule has 0 unspecified atom stereocenters. The monoisotopic (exact) mass is 475 g/mol. The highest BCUT2D eigenvalue weighted by atomic mass is 16.3. The molecule has 0 radical (unpaired) electrons. The Morgan fingerprint density at radius 2 is 1.83 bits per heavy atom. The number of nitrogens with zero attached hydrogens (tertiary/aromatic N) is 5. The van der Waals surface area contributed by atoms with Crippen molar-refractivity contribution in [3.8, 4) is 25.1 Å². The van der Waals surface area contributed by atoms with Gasteiger partial charge in [0.25, 0.3) is 0 Å². The Bertz CT molecular complexity index is 1150. The third kappa shape index (κ3) is 8.10. The summed E-state index contributed by atoms with van der Waals surface area (Å²) < 4.78 is 5.22. The molecule has 4 rings (SSSR count). The fraction of sp³-hybridized carbons (Fsp3) is 0.400. The molecule has 2 saturated heterocycles. The molecule has 0 atom stereocenters. The van der Waals surface area contributed by atoms with Crippen LogP contribution in [0.25, 0.3) is 11.0 Å². The molecule has 2 amide bonds. The van der Waals surface area contributed by atoms with E-state index in [-0.39, 0.29) is 23.5 Å².